The van der Waals surface area contributed by atoms with Crippen LogP contribution in [0.2, 0.25) is 0 Å². The molecule has 0 bridgehead atoms. The van der Waals surface area contributed by atoms with Crippen molar-refractivity contribution in [3.05, 3.63) is 74.9 Å². The van der Waals surface area contributed by atoms with Crippen LogP contribution < -0.4 is 5.56 Å². The highest BCUT2D eigenvalue weighted by Gasteiger charge is 2.18. The van der Waals surface area contributed by atoms with E-state index in [4.69, 9.17) is 0 Å². The number of rotatable bonds is 5. The molecule has 0 unspecified atom stereocenters. The average Bonchev–Trinajstić information content (AvgIpc) is 2.50. The lowest BCUT2D eigenvalue weighted by molar-refractivity contribution is 0.0754. The maximum Gasteiger partial charge on any atom is 0.274 e. The fourth-order valence-corrected chi connectivity index (χ4v) is 2.28. The van der Waals surface area contributed by atoms with E-state index in [1.807, 2.05) is 0 Å². The number of hydrogen-bond donors (Lipinski definition) is 1. The Hall–Kier alpha value is -2.28. The van der Waals surface area contributed by atoms with Crippen molar-refractivity contribution in [1.29, 1.82) is 0 Å². The third-order valence-corrected chi connectivity index (χ3v) is 3.40. The molecule has 0 aliphatic rings. The molecule has 5 nitrogen and oxygen atoms in total. The van der Waals surface area contributed by atoms with E-state index in [1.54, 1.807) is 18.2 Å². The molecule has 1 amide bonds. The van der Waals surface area contributed by atoms with Gasteiger partial charge in [-0.25, -0.2) is 9.49 Å². The van der Waals surface area contributed by atoms with Crippen LogP contribution in [0.4, 0.5) is 4.39 Å². The fourth-order valence-electron chi connectivity index (χ4n) is 1.87. The van der Waals surface area contributed by atoms with Gasteiger partial charge in [0.15, 0.2) is 0 Å². The molecule has 1 aromatic heterocycles. The van der Waals surface area contributed by atoms with Gasteiger partial charge < -0.3 is 4.90 Å². The number of aromatic amines is 1. The number of amides is 1. The normalized spacial score (nSPS) is 10.3. The molecule has 1 aromatic carbocycles. The molecular weight excluding hydrogens is 353 g/mol. The molecular formula is C15H13BrFN3O2. The summed E-state index contributed by atoms with van der Waals surface area (Å²) in [5, 5.41) is 5.90. The fraction of sp³-hybridized carbons (Fsp3) is 0.133. The van der Waals surface area contributed by atoms with Crippen LogP contribution in [-0.2, 0) is 6.54 Å². The number of carbonyl (C=O) groups excluding carboxylic acids is 1. The summed E-state index contributed by atoms with van der Waals surface area (Å²) in [5.74, 6) is -0.824. The Kier molecular flexibility index (Phi) is 5.21. The number of nitrogens with one attached hydrogen (secondary N) is 1. The van der Waals surface area contributed by atoms with E-state index in [1.165, 1.54) is 23.1 Å². The lowest BCUT2D eigenvalue weighted by Crippen LogP contribution is -2.32. The molecule has 0 aliphatic heterocycles. The third kappa shape index (κ3) is 3.88. The summed E-state index contributed by atoms with van der Waals surface area (Å²) in [5.41, 5.74) is 0.0516. The van der Waals surface area contributed by atoms with Crippen molar-refractivity contribution in [1.82, 2.24) is 15.1 Å². The molecule has 0 radical (unpaired) electrons. The lowest BCUT2D eigenvalue weighted by Gasteiger charge is -2.21. The van der Waals surface area contributed by atoms with Crippen LogP contribution in [0, 0.1) is 5.82 Å². The van der Waals surface area contributed by atoms with E-state index < -0.39 is 17.3 Å². The predicted octanol–water partition coefficient (Wildman–Crippen LogP) is 2.50. The Morgan fingerprint density at radius 2 is 2.18 bits per heavy atom. The molecule has 0 saturated carbocycles. The molecule has 7 heteroatoms. The second-order valence-corrected chi connectivity index (χ2v) is 5.43. The van der Waals surface area contributed by atoms with E-state index in [2.05, 4.69) is 32.7 Å². The monoisotopic (exact) mass is 365 g/mol. The van der Waals surface area contributed by atoms with Crippen LogP contribution in [-0.4, -0.2) is 27.5 Å². The van der Waals surface area contributed by atoms with Gasteiger partial charge in [0, 0.05) is 29.2 Å². The largest absolute Gasteiger partial charge is 0.329 e. The molecule has 114 valence electrons. The summed E-state index contributed by atoms with van der Waals surface area (Å²) in [6.45, 7) is 3.89. The zero-order chi connectivity index (χ0) is 16.1. The van der Waals surface area contributed by atoms with Crippen molar-refractivity contribution in [2.24, 2.45) is 0 Å². The van der Waals surface area contributed by atoms with Gasteiger partial charge >= 0.3 is 0 Å². The minimum absolute atomic E-state index is 0.0664. The maximum atomic E-state index is 13.8. The van der Waals surface area contributed by atoms with Crippen molar-refractivity contribution in [3.8, 4) is 0 Å². The quantitative estimate of drug-likeness (QED) is 0.827. The maximum absolute atomic E-state index is 13.8. The highest BCUT2D eigenvalue weighted by atomic mass is 79.9. The first-order valence-electron chi connectivity index (χ1n) is 6.41. The smallest absolute Gasteiger partial charge is 0.274 e. The first-order valence-corrected chi connectivity index (χ1v) is 7.20. The summed E-state index contributed by atoms with van der Waals surface area (Å²) in [6.07, 6.45) is 1.54. The summed E-state index contributed by atoms with van der Waals surface area (Å²) < 4.78 is 14.6. The highest BCUT2D eigenvalue weighted by Crippen LogP contribution is 2.18. The Morgan fingerprint density at radius 1 is 1.41 bits per heavy atom. The van der Waals surface area contributed by atoms with Crippen molar-refractivity contribution in [2.45, 2.75) is 6.54 Å². The van der Waals surface area contributed by atoms with E-state index in [-0.39, 0.29) is 18.8 Å². The molecule has 1 heterocycles. The molecule has 0 fully saturated rings. The first kappa shape index (κ1) is 16.1. The number of halogens is 2. The Labute approximate surface area is 134 Å². The highest BCUT2D eigenvalue weighted by molar-refractivity contribution is 9.10. The number of carbonyl (C=O) groups is 1. The number of aromatic nitrogens is 2. The van der Waals surface area contributed by atoms with E-state index in [0.717, 1.165) is 4.47 Å². The minimum Gasteiger partial charge on any atom is -0.329 e. The Balaban J connectivity index is 2.27. The van der Waals surface area contributed by atoms with Gasteiger partial charge in [0.2, 0.25) is 0 Å². The standard InChI is InChI=1S/C15H13BrFN3O2/c1-2-7-20(9-10-8-11(16)3-4-12(10)17)15(22)13-5-6-14(21)19-18-13/h2-6,8H,1,7,9H2,(H,19,21). The minimum atomic E-state index is -0.421. The molecule has 22 heavy (non-hydrogen) atoms. The predicted molar refractivity (Wildman–Crippen MR) is 83.9 cm³/mol. The van der Waals surface area contributed by atoms with Crippen LogP contribution in [0.5, 0.6) is 0 Å². The van der Waals surface area contributed by atoms with Crippen molar-refractivity contribution >= 4 is 21.8 Å². The Morgan fingerprint density at radius 3 is 2.82 bits per heavy atom. The summed E-state index contributed by atoms with van der Waals surface area (Å²) >= 11 is 3.27. The number of H-pyrrole nitrogens is 1. The van der Waals surface area contributed by atoms with E-state index in [0.29, 0.717) is 5.56 Å². The second-order valence-electron chi connectivity index (χ2n) is 4.52. The lowest BCUT2D eigenvalue weighted by atomic mass is 10.2. The van der Waals surface area contributed by atoms with Gasteiger partial charge in [0.25, 0.3) is 11.5 Å². The molecule has 0 spiro atoms. The number of nitrogens with zero attached hydrogens (tertiary/aromatic N) is 2. The third-order valence-electron chi connectivity index (χ3n) is 2.90. The van der Waals surface area contributed by atoms with Crippen LogP contribution in [0.1, 0.15) is 16.1 Å². The van der Waals surface area contributed by atoms with Crippen LogP contribution in [0.15, 0.2) is 52.3 Å². The molecule has 0 saturated heterocycles. The average molecular weight is 366 g/mol. The van der Waals surface area contributed by atoms with Crippen LogP contribution in [0.25, 0.3) is 0 Å². The SMILES string of the molecule is C=CCN(Cc1cc(Br)ccc1F)C(=O)c1ccc(=O)[nH]n1. The van der Waals surface area contributed by atoms with Crippen molar-refractivity contribution in [2.75, 3.05) is 6.54 Å². The van der Waals surface area contributed by atoms with Crippen LogP contribution >= 0.6 is 15.9 Å². The molecule has 2 aromatic rings. The van der Waals surface area contributed by atoms with Gasteiger partial charge in [-0.3, -0.25) is 9.59 Å². The summed E-state index contributed by atoms with van der Waals surface area (Å²) in [6, 6.07) is 7.07. The molecule has 0 atom stereocenters. The van der Waals surface area contributed by atoms with Gasteiger partial charge in [-0.15, -0.1) is 6.58 Å². The van der Waals surface area contributed by atoms with Crippen molar-refractivity contribution in [3.63, 3.8) is 0 Å². The van der Waals surface area contributed by atoms with E-state index >= 15 is 0 Å². The molecule has 0 aliphatic carbocycles. The van der Waals surface area contributed by atoms with Gasteiger partial charge in [-0.05, 0) is 24.3 Å². The van der Waals surface area contributed by atoms with Crippen molar-refractivity contribution < 1.29 is 9.18 Å². The Bertz CT molecular complexity index is 740. The van der Waals surface area contributed by atoms with E-state index in [9.17, 15) is 14.0 Å². The van der Waals surface area contributed by atoms with Crippen LogP contribution in [0.3, 0.4) is 0 Å². The zero-order valence-corrected chi connectivity index (χ0v) is 13.1. The number of benzene rings is 1. The van der Waals surface area contributed by atoms with Gasteiger partial charge in [0.05, 0.1) is 0 Å². The summed E-state index contributed by atoms with van der Waals surface area (Å²) in [7, 11) is 0. The molecule has 2 rings (SSSR count). The second kappa shape index (κ2) is 7.13. The van der Waals surface area contributed by atoms with Gasteiger partial charge in [0.1, 0.15) is 11.5 Å². The van der Waals surface area contributed by atoms with Gasteiger partial charge in [-0.2, -0.15) is 5.10 Å². The molecule has 1 N–H and O–H groups in total. The first-order chi connectivity index (χ1) is 10.5. The zero-order valence-electron chi connectivity index (χ0n) is 11.6. The van der Waals surface area contributed by atoms with Gasteiger partial charge in [-0.1, -0.05) is 22.0 Å². The number of hydrogen-bond acceptors (Lipinski definition) is 3. The summed E-state index contributed by atoms with van der Waals surface area (Å²) in [4.78, 5) is 24.8. The topological polar surface area (TPSA) is 66.1 Å².